The van der Waals surface area contributed by atoms with Crippen LogP contribution in [0.1, 0.15) is 11.5 Å². The first-order valence-corrected chi connectivity index (χ1v) is 5.06. The largest absolute Gasteiger partial charge is 0.453 e. The molecule has 2 aromatic heterocycles. The Kier molecular flexibility index (Phi) is 2.97. The van der Waals surface area contributed by atoms with Crippen LogP contribution in [0.2, 0.25) is 0 Å². The molecule has 100 valence electrons. The van der Waals surface area contributed by atoms with E-state index in [9.17, 15) is 18.0 Å². The van der Waals surface area contributed by atoms with E-state index >= 15 is 0 Å². The van der Waals surface area contributed by atoms with Crippen LogP contribution in [-0.2, 0) is 11.0 Å². The molecule has 0 aliphatic heterocycles. The molecule has 0 radical (unpaired) electrons. The maximum atomic E-state index is 12.5. The van der Waals surface area contributed by atoms with Gasteiger partial charge in [-0.05, 0) is 13.0 Å². The van der Waals surface area contributed by atoms with E-state index in [-0.39, 0.29) is 11.6 Å². The van der Waals surface area contributed by atoms with Crippen LogP contribution < -0.4 is 5.32 Å². The van der Waals surface area contributed by atoms with Crippen molar-refractivity contribution in [2.75, 3.05) is 5.32 Å². The number of nitrogens with zero attached hydrogens (tertiary/aromatic N) is 4. The van der Waals surface area contributed by atoms with E-state index in [0.29, 0.717) is 5.69 Å². The second kappa shape index (κ2) is 4.34. The third kappa shape index (κ3) is 2.54. The zero-order chi connectivity index (χ0) is 14.2. The van der Waals surface area contributed by atoms with Crippen LogP contribution in [0.15, 0.2) is 18.7 Å². The van der Waals surface area contributed by atoms with Crippen molar-refractivity contribution >= 4 is 17.5 Å². The summed E-state index contributed by atoms with van der Waals surface area (Å²) in [5.74, 6) is -1.97. The van der Waals surface area contributed by atoms with Gasteiger partial charge in [-0.3, -0.25) is 4.79 Å². The normalized spacial score (nSPS) is 11.6. The van der Waals surface area contributed by atoms with Crippen LogP contribution >= 0.6 is 0 Å². The smallest absolute Gasteiger partial charge is 0.307 e. The van der Waals surface area contributed by atoms with Crippen LogP contribution in [-0.4, -0.2) is 25.5 Å². The molecule has 0 spiro atoms. The highest BCUT2D eigenvalue weighted by Gasteiger charge is 2.36. The number of halogens is 3. The van der Waals surface area contributed by atoms with Gasteiger partial charge < -0.3 is 5.32 Å². The Morgan fingerprint density at radius 2 is 2.16 bits per heavy atom. The fraction of sp³-hybridized carbons (Fsp3) is 0.200. The predicted molar refractivity (Wildman–Crippen MR) is 59.3 cm³/mol. The molecule has 0 saturated heterocycles. The second-order valence-corrected chi connectivity index (χ2v) is 3.62. The second-order valence-electron chi connectivity index (χ2n) is 3.62. The lowest BCUT2D eigenvalue weighted by atomic mass is 10.4. The molecule has 0 atom stereocenters. The summed E-state index contributed by atoms with van der Waals surface area (Å²) in [5.41, 5.74) is 0.354. The maximum Gasteiger partial charge on any atom is 0.453 e. The number of rotatable bonds is 2. The van der Waals surface area contributed by atoms with E-state index in [1.54, 1.807) is 0 Å². The number of amides is 1. The quantitative estimate of drug-likeness (QED) is 0.842. The summed E-state index contributed by atoms with van der Waals surface area (Å²) in [6.07, 6.45) is -3.63. The molecule has 1 N–H and O–H groups in total. The van der Waals surface area contributed by atoms with E-state index in [1.807, 2.05) is 0 Å². The minimum Gasteiger partial charge on any atom is -0.307 e. The third-order valence-corrected chi connectivity index (χ3v) is 2.18. The summed E-state index contributed by atoms with van der Waals surface area (Å²) < 4.78 is 38.4. The Morgan fingerprint density at radius 1 is 1.47 bits per heavy atom. The molecule has 2 aromatic rings. The first kappa shape index (κ1) is 13.0. The number of nitrogens with one attached hydrogen (secondary N) is 1. The van der Waals surface area contributed by atoms with E-state index in [4.69, 9.17) is 0 Å². The Hall–Kier alpha value is -2.45. The van der Waals surface area contributed by atoms with E-state index < -0.39 is 17.9 Å². The van der Waals surface area contributed by atoms with Gasteiger partial charge >= 0.3 is 6.18 Å². The number of fused-ring (bicyclic) bond motifs is 1. The molecule has 0 aromatic carbocycles. The lowest BCUT2D eigenvalue weighted by Crippen LogP contribution is -2.10. The molecule has 0 bridgehead atoms. The number of aryl methyl sites for hydroxylation is 1. The molecule has 1 amide bonds. The molecule has 19 heavy (non-hydrogen) atoms. The first-order valence-electron chi connectivity index (χ1n) is 5.06. The van der Waals surface area contributed by atoms with Crippen molar-refractivity contribution < 1.29 is 18.0 Å². The zero-order valence-electron chi connectivity index (χ0n) is 9.69. The van der Waals surface area contributed by atoms with Gasteiger partial charge in [-0.1, -0.05) is 6.58 Å². The summed E-state index contributed by atoms with van der Waals surface area (Å²) in [5, 5.41) is 5.65. The number of carbonyl (C=O) groups is 1. The maximum absolute atomic E-state index is 12.5. The number of anilines is 1. The number of carbonyl (C=O) groups excluding carboxylic acids is 1. The fourth-order valence-corrected chi connectivity index (χ4v) is 1.37. The van der Waals surface area contributed by atoms with Gasteiger partial charge in [0.25, 0.3) is 11.6 Å². The van der Waals surface area contributed by atoms with E-state index in [0.717, 1.165) is 10.6 Å². The molecular weight excluding hydrogens is 263 g/mol. The Balaban J connectivity index is 2.51. The van der Waals surface area contributed by atoms with Crippen LogP contribution in [0.5, 0.6) is 0 Å². The minimum absolute atomic E-state index is 0.0797. The standard InChI is InChI=1S/C10H8F3N5O/c1-3-7(19)14-6-4-5(2)18-9(15-6)16-8(17-18)10(11,12)13/h3-4H,1H2,2H3,(H,14,15,16,17,19). The van der Waals surface area contributed by atoms with Crippen molar-refractivity contribution in [2.24, 2.45) is 0 Å². The summed E-state index contributed by atoms with van der Waals surface area (Å²) in [7, 11) is 0. The predicted octanol–water partition coefficient (Wildman–Crippen LogP) is 1.58. The van der Waals surface area contributed by atoms with Crippen molar-refractivity contribution in [3.63, 3.8) is 0 Å². The highest BCUT2D eigenvalue weighted by Crippen LogP contribution is 2.26. The molecule has 9 heteroatoms. The number of hydrogen-bond acceptors (Lipinski definition) is 4. The van der Waals surface area contributed by atoms with Crippen molar-refractivity contribution in [1.82, 2.24) is 19.6 Å². The third-order valence-electron chi connectivity index (χ3n) is 2.18. The van der Waals surface area contributed by atoms with Gasteiger partial charge in [0, 0.05) is 11.8 Å². The lowest BCUT2D eigenvalue weighted by molar-refractivity contribution is -0.144. The molecule has 2 heterocycles. The van der Waals surface area contributed by atoms with Crippen LogP contribution in [0.3, 0.4) is 0 Å². The number of alkyl halides is 3. The summed E-state index contributed by atoms with van der Waals surface area (Å²) in [6.45, 7) is 4.78. The molecule has 2 rings (SSSR count). The molecule has 0 fully saturated rings. The van der Waals surface area contributed by atoms with Crippen molar-refractivity contribution in [1.29, 1.82) is 0 Å². The van der Waals surface area contributed by atoms with E-state index in [2.05, 4.69) is 27.0 Å². The van der Waals surface area contributed by atoms with Gasteiger partial charge in [0.15, 0.2) is 0 Å². The van der Waals surface area contributed by atoms with Crippen molar-refractivity contribution in [3.05, 3.63) is 30.2 Å². The van der Waals surface area contributed by atoms with Gasteiger partial charge in [0.05, 0.1) is 0 Å². The summed E-state index contributed by atoms with van der Waals surface area (Å²) in [6, 6.07) is 1.38. The highest BCUT2D eigenvalue weighted by atomic mass is 19.4. The van der Waals surface area contributed by atoms with Gasteiger partial charge in [-0.25, -0.2) is 4.52 Å². The van der Waals surface area contributed by atoms with Gasteiger partial charge in [0.1, 0.15) is 5.82 Å². The highest BCUT2D eigenvalue weighted by molar-refractivity contribution is 5.98. The first-order chi connectivity index (χ1) is 8.81. The van der Waals surface area contributed by atoms with Gasteiger partial charge in [-0.15, -0.1) is 5.10 Å². The number of aromatic nitrogens is 4. The molecule has 0 unspecified atom stereocenters. The minimum atomic E-state index is -4.65. The topological polar surface area (TPSA) is 72.2 Å². The molecule has 6 nitrogen and oxygen atoms in total. The average Bonchev–Trinajstić information content (AvgIpc) is 2.73. The molecule has 0 saturated carbocycles. The number of hydrogen-bond donors (Lipinski definition) is 1. The average molecular weight is 271 g/mol. The Labute approximate surface area is 105 Å². The van der Waals surface area contributed by atoms with Gasteiger partial charge in [-0.2, -0.15) is 23.1 Å². The monoisotopic (exact) mass is 271 g/mol. The van der Waals surface area contributed by atoms with Crippen molar-refractivity contribution in [3.8, 4) is 0 Å². The molecular formula is C10H8F3N5O. The van der Waals surface area contributed by atoms with Gasteiger partial charge in [0.2, 0.25) is 5.91 Å². The molecule has 0 aliphatic rings. The Morgan fingerprint density at radius 3 is 2.74 bits per heavy atom. The van der Waals surface area contributed by atoms with E-state index in [1.165, 1.54) is 13.0 Å². The van der Waals surface area contributed by atoms with Crippen LogP contribution in [0, 0.1) is 6.92 Å². The summed E-state index contributed by atoms with van der Waals surface area (Å²) >= 11 is 0. The fourth-order valence-electron chi connectivity index (χ4n) is 1.37. The molecule has 0 aliphatic carbocycles. The van der Waals surface area contributed by atoms with Crippen LogP contribution in [0.4, 0.5) is 19.0 Å². The summed E-state index contributed by atoms with van der Waals surface area (Å²) in [4.78, 5) is 18.1. The van der Waals surface area contributed by atoms with Crippen LogP contribution in [0.25, 0.3) is 5.78 Å². The van der Waals surface area contributed by atoms with Crippen molar-refractivity contribution in [2.45, 2.75) is 13.1 Å². The SMILES string of the molecule is C=CC(=O)Nc1cc(C)n2nc(C(F)(F)F)nc2n1. The Bertz CT molecular complexity index is 661. The zero-order valence-corrected chi connectivity index (χ0v) is 9.69. The lowest BCUT2D eigenvalue weighted by Gasteiger charge is -2.03.